The first kappa shape index (κ1) is 24.1. The van der Waals surface area contributed by atoms with Crippen LogP contribution < -0.4 is 16.0 Å². The van der Waals surface area contributed by atoms with Crippen molar-refractivity contribution in [3.63, 3.8) is 0 Å². The smallest absolute Gasteiger partial charge is 0.385 e. The summed E-state index contributed by atoms with van der Waals surface area (Å²) in [5.41, 5.74) is -0.966. The predicted octanol–water partition coefficient (Wildman–Crippen LogP) is 1.96. The van der Waals surface area contributed by atoms with Crippen molar-refractivity contribution >= 4 is 11.9 Å². The highest BCUT2D eigenvalue weighted by Gasteiger charge is 2.32. The second kappa shape index (κ2) is 12.5. The molecule has 1 fully saturated rings. The molecule has 0 radical (unpaired) electrons. The molecule has 0 atom stereocenters. The van der Waals surface area contributed by atoms with E-state index >= 15 is 0 Å². The molecule has 0 bridgehead atoms. The van der Waals surface area contributed by atoms with E-state index in [9.17, 15) is 13.2 Å². The highest BCUT2D eigenvalue weighted by atomic mass is 19.4. The average Bonchev–Trinajstić information content (AvgIpc) is 2.72. The highest BCUT2D eigenvalue weighted by Crippen LogP contribution is 2.27. The lowest BCUT2D eigenvalue weighted by atomic mass is 10.1. The number of likely N-dealkylation sites (tertiary alicyclic amines) is 1. The Balaban J connectivity index is 1.76. The van der Waals surface area contributed by atoms with Crippen LogP contribution in [0.2, 0.25) is 0 Å². The second-order valence-electron chi connectivity index (χ2n) is 7.06. The van der Waals surface area contributed by atoms with Crippen molar-refractivity contribution in [2.24, 2.45) is 4.99 Å². The summed E-state index contributed by atoms with van der Waals surface area (Å²) in [7, 11) is 1.72. The Morgan fingerprint density at radius 2 is 2.10 bits per heavy atom. The topological polar surface area (TPSA) is 86.7 Å². The third kappa shape index (κ3) is 8.70. The first-order chi connectivity index (χ1) is 14.4. The molecule has 2 rings (SSSR count). The van der Waals surface area contributed by atoms with Gasteiger partial charge in [0.25, 0.3) is 0 Å². The van der Waals surface area contributed by atoms with Gasteiger partial charge in [-0.15, -0.1) is 0 Å². The van der Waals surface area contributed by atoms with Crippen molar-refractivity contribution in [2.75, 3.05) is 58.3 Å². The molecule has 170 valence electrons. The van der Waals surface area contributed by atoms with Crippen LogP contribution in [0.15, 0.2) is 17.3 Å². The molecule has 1 aliphatic heterocycles. The van der Waals surface area contributed by atoms with Crippen molar-refractivity contribution in [1.29, 1.82) is 0 Å². The fraction of sp³-hybridized carbons (Fsp3) is 0.737. The Hall–Kier alpha value is -2.14. The maximum atomic E-state index is 12.7. The minimum absolute atomic E-state index is 0.0566. The molecule has 1 saturated heterocycles. The number of nitrogens with one attached hydrogen (secondary N) is 3. The van der Waals surface area contributed by atoms with Crippen LogP contribution in [0, 0.1) is 0 Å². The molecular weight excluding hydrogens is 399 g/mol. The predicted molar refractivity (Wildman–Crippen MR) is 111 cm³/mol. The number of aliphatic imine (C=N–C) groups is 1. The van der Waals surface area contributed by atoms with Crippen LogP contribution in [-0.4, -0.2) is 79.9 Å². The third-order valence-electron chi connectivity index (χ3n) is 4.71. The second-order valence-corrected chi connectivity index (χ2v) is 7.06. The number of alkyl halides is 3. The highest BCUT2D eigenvalue weighted by molar-refractivity contribution is 5.80. The molecule has 30 heavy (non-hydrogen) atoms. The number of piperidine rings is 1. The number of aromatic nitrogens is 2. The van der Waals surface area contributed by atoms with E-state index in [-0.39, 0.29) is 5.95 Å². The lowest BCUT2D eigenvalue weighted by molar-refractivity contribution is -0.141. The van der Waals surface area contributed by atoms with Crippen LogP contribution in [0.5, 0.6) is 0 Å². The summed E-state index contributed by atoms with van der Waals surface area (Å²) in [5, 5.41) is 9.45. The molecule has 0 unspecified atom stereocenters. The van der Waals surface area contributed by atoms with Crippen molar-refractivity contribution in [3.8, 4) is 0 Å². The lowest BCUT2D eigenvalue weighted by Crippen LogP contribution is -2.49. The van der Waals surface area contributed by atoms with Gasteiger partial charge < -0.3 is 25.6 Å². The van der Waals surface area contributed by atoms with Gasteiger partial charge in [-0.1, -0.05) is 0 Å². The number of rotatable bonds is 10. The Bertz CT molecular complexity index is 649. The standard InChI is InChI=1S/C19H32F3N7O/c1-3-23-17(27-15-6-12-29(13-7-15)11-4-14-30-2)25-9-10-26-18-24-8-5-16(28-18)19(20,21)22/h5,8,15H,3-4,6-7,9-14H2,1-2H3,(H2,23,25,27)(H,24,26,28). The SMILES string of the molecule is CCNC(=NCCNc1nccc(C(F)(F)F)n1)NC1CCN(CCCOC)CC1. The number of guanidine groups is 1. The van der Waals surface area contributed by atoms with Crippen LogP contribution in [0.25, 0.3) is 0 Å². The number of hydrogen-bond donors (Lipinski definition) is 3. The van der Waals surface area contributed by atoms with E-state index in [1.807, 2.05) is 6.92 Å². The summed E-state index contributed by atoms with van der Waals surface area (Å²) in [5.74, 6) is 0.654. The molecule has 1 aliphatic rings. The van der Waals surface area contributed by atoms with Crippen LogP contribution in [-0.2, 0) is 10.9 Å². The van der Waals surface area contributed by atoms with Crippen molar-refractivity contribution in [1.82, 2.24) is 25.5 Å². The Kier molecular flexibility index (Phi) is 10.1. The molecule has 0 spiro atoms. The van der Waals surface area contributed by atoms with Crippen molar-refractivity contribution in [3.05, 3.63) is 18.0 Å². The van der Waals surface area contributed by atoms with Gasteiger partial charge in [-0.3, -0.25) is 4.99 Å². The quantitative estimate of drug-likeness (QED) is 0.297. The number of methoxy groups -OCH3 is 1. The van der Waals surface area contributed by atoms with Gasteiger partial charge in [-0.05, 0) is 32.3 Å². The normalized spacial score (nSPS) is 16.5. The zero-order chi connectivity index (χ0) is 21.8. The molecule has 3 N–H and O–H groups in total. The van der Waals surface area contributed by atoms with Gasteiger partial charge >= 0.3 is 6.18 Å². The number of halogens is 3. The first-order valence-corrected chi connectivity index (χ1v) is 10.3. The zero-order valence-electron chi connectivity index (χ0n) is 17.6. The largest absolute Gasteiger partial charge is 0.433 e. The van der Waals surface area contributed by atoms with E-state index in [2.05, 4.69) is 35.8 Å². The first-order valence-electron chi connectivity index (χ1n) is 10.3. The van der Waals surface area contributed by atoms with Crippen LogP contribution in [0.4, 0.5) is 19.1 Å². The molecule has 1 aromatic rings. The van der Waals surface area contributed by atoms with Crippen LogP contribution >= 0.6 is 0 Å². The molecule has 2 heterocycles. The minimum Gasteiger partial charge on any atom is -0.385 e. The molecule has 0 aliphatic carbocycles. The molecule has 1 aromatic heterocycles. The number of anilines is 1. The van der Waals surface area contributed by atoms with Crippen molar-refractivity contribution < 1.29 is 17.9 Å². The monoisotopic (exact) mass is 431 g/mol. The van der Waals surface area contributed by atoms with Crippen molar-refractivity contribution in [2.45, 2.75) is 38.4 Å². The van der Waals surface area contributed by atoms with E-state index in [1.54, 1.807) is 7.11 Å². The number of hydrogen-bond acceptors (Lipinski definition) is 6. The van der Waals surface area contributed by atoms with Gasteiger partial charge in [-0.25, -0.2) is 9.97 Å². The van der Waals surface area contributed by atoms with Crippen LogP contribution in [0.3, 0.4) is 0 Å². The Morgan fingerprint density at radius 3 is 2.77 bits per heavy atom. The van der Waals surface area contributed by atoms with E-state index < -0.39 is 11.9 Å². The summed E-state index contributed by atoms with van der Waals surface area (Å²) in [4.78, 5) is 14.2. The minimum atomic E-state index is -4.49. The lowest BCUT2D eigenvalue weighted by Gasteiger charge is -2.33. The molecule has 0 aromatic carbocycles. The molecule has 0 amide bonds. The number of ether oxygens (including phenoxy) is 1. The zero-order valence-corrected chi connectivity index (χ0v) is 17.6. The third-order valence-corrected chi connectivity index (χ3v) is 4.71. The summed E-state index contributed by atoms with van der Waals surface area (Å²) in [6.07, 6.45) is -0.281. The van der Waals surface area contributed by atoms with E-state index in [1.165, 1.54) is 0 Å². The van der Waals surface area contributed by atoms with E-state index in [4.69, 9.17) is 4.74 Å². The van der Waals surface area contributed by atoms with Gasteiger partial charge in [0.15, 0.2) is 5.96 Å². The summed E-state index contributed by atoms with van der Waals surface area (Å²) in [6, 6.07) is 1.20. The Morgan fingerprint density at radius 1 is 1.33 bits per heavy atom. The molecular formula is C19H32F3N7O. The van der Waals surface area contributed by atoms with Gasteiger partial charge in [0, 0.05) is 58.7 Å². The summed E-state index contributed by atoms with van der Waals surface area (Å²) >= 11 is 0. The van der Waals surface area contributed by atoms with E-state index in [0.29, 0.717) is 25.1 Å². The molecule has 8 nitrogen and oxygen atoms in total. The summed E-state index contributed by atoms with van der Waals surface area (Å²) in [6.45, 7) is 7.34. The molecule has 11 heteroatoms. The average molecular weight is 432 g/mol. The fourth-order valence-corrected chi connectivity index (χ4v) is 3.18. The van der Waals surface area contributed by atoms with Gasteiger partial charge in [-0.2, -0.15) is 13.2 Å². The van der Waals surface area contributed by atoms with Crippen LogP contribution in [0.1, 0.15) is 31.9 Å². The summed E-state index contributed by atoms with van der Waals surface area (Å²) < 4.78 is 43.2. The Labute approximate surface area is 175 Å². The molecule has 0 saturated carbocycles. The van der Waals surface area contributed by atoms with Gasteiger partial charge in [0.05, 0.1) is 6.54 Å². The fourth-order valence-electron chi connectivity index (χ4n) is 3.18. The number of nitrogens with zero attached hydrogens (tertiary/aromatic N) is 4. The maximum Gasteiger partial charge on any atom is 0.433 e. The van der Waals surface area contributed by atoms with Gasteiger partial charge in [0.1, 0.15) is 5.69 Å². The van der Waals surface area contributed by atoms with Gasteiger partial charge in [0.2, 0.25) is 5.95 Å². The van der Waals surface area contributed by atoms with E-state index in [0.717, 1.165) is 64.3 Å². The maximum absolute atomic E-state index is 12.7.